The Morgan fingerprint density at radius 2 is 1.56 bits per heavy atom. The first kappa shape index (κ1) is 18.0. The van der Waals surface area contributed by atoms with Gasteiger partial charge in [0.05, 0.1) is 21.9 Å². The molecular weight excluding hydrogens is 434 g/mol. The molecule has 0 aromatic carbocycles. The third kappa shape index (κ3) is 1.61. The van der Waals surface area contributed by atoms with Gasteiger partial charge in [-0.15, -0.1) is 34.5 Å². The summed E-state index contributed by atoms with van der Waals surface area (Å²) in [5.41, 5.74) is 0. The number of carbonyl (C=O) groups excluding carboxylic acids is 2. The van der Waals surface area contributed by atoms with E-state index in [1.807, 2.05) is 0 Å². The van der Waals surface area contributed by atoms with E-state index in [1.165, 1.54) is 20.4 Å². The molecule has 4 rings (SSSR count). The number of aromatic nitrogens is 1. The van der Waals surface area contributed by atoms with Crippen LogP contribution in [0.4, 0.5) is 5.13 Å². The second-order valence-electron chi connectivity index (χ2n) is 5.86. The van der Waals surface area contributed by atoms with E-state index in [4.69, 9.17) is 55.9 Å². The van der Waals surface area contributed by atoms with Crippen molar-refractivity contribution in [2.45, 2.75) is 15.5 Å². The summed E-state index contributed by atoms with van der Waals surface area (Å²) in [7, 11) is 2.62. The summed E-state index contributed by atoms with van der Waals surface area (Å²) < 4.78 is 11.0. The number of hydrogen-bond donors (Lipinski definition) is 0. The highest BCUT2D eigenvalue weighted by molar-refractivity contribution is 7.14. The molecule has 1 saturated carbocycles. The normalized spacial score (nSPS) is 38.9. The van der Waals surface area contributed by atoms with Gasteiger partial charge in [0.2, 0.25) is 17.6 Å². The van der Waals surface area contributed by atoms with Gasteiger partial charge in [-0.1, -0.05) is 23.2 Å². The van der Waals surface area contributed by atoms with Gasteiger partial charge in [-0.05, 0) is 0 Å². The molecule has 6 nitrogen and oxygen atoms in total. The molecule has 3 aliphatic rings. The topological polar surface area (TPSA) is 68.7 Å². The quantitative estimate of drug-likeness (QED) is 0.408. The fraction of sp³-hybridized carbons (Fsp3) is 0.500. The summed E-state index contributed by atoms with van der Waals surface area (Å²) in [5, 5.41) is 1.77. The van der Waals surface area contributed by atoms with Gasteiger partial charge in [0, 0.05) is 25.8 Å². The van der Waals surface area contributed by atoms with Crippen molar-refractivity contribution in [3.8, 4) is 0 Å². The van der Waals surface area contributed by atoms with Gasteiger partial charge in [-0.2, -0.15) is 0 Å². The Hall–Kier alpha value is -0.410. The molecule has 1 aromatic heterocycles. The van der Waals surface area contributed by atoms with E-state index in [0.717, 1.165) is 16.2 Å². The van der Waals surface area contributed by atoms with Crippen LogP contribution in [0.2, 0.25) is 0 Å². The van der Waals surface area contributed by atoms with Crippen LogP contribution in [-0.4, -0.2) is 46.6 Å². The molecule has 2 bridgehead atoms. The third-order valence-corrected chi connectivity index (χ3v) is 8.51. The number of hydrogen-bond acceptors (Lipinski definition) is 6. The molecule has 2 heterocycles. The van der Waals surface area contributed by atoms with Gasteiger partial charge in [0.15, 0.2) is 5.13 Å². The molecule has 2 amide bonds. The molecule has 134 valence electrons. The van der Waals surface area contributed by atoms with Crippen molar-refractivity contribution >= 4 is 74.7 Å². The summed E-state index contributed by atoms with van der Waals surface area (Å²) in [5.74, 6) is -5.10. The molecule has 0 spiro atoms. The maximum absolute atomic E-state index is 13.1. The Morgan fingerprint density at radius 3 is 1.92 bits per heavy atom. The van der Waals surface area contributed by atoms with Crippen LogP contribution >= 0.6 is 57.7 Å². The van der Waals surface area contributed by atoms with E-state index in [9.17, 15) is 9.59 Å². The zero-order chi connectivity index (χ0) is 18.4. The van der Waals surface area contributed by atoms with Crippen molar-refractivity contribution in [3.05, 3.63) is 21.6 Å². The predicted molar refractivity (Wildman–Crippen MR) is 94.2 cm³/mol. The summed E-state index contributed by atoms with van der Waals surface area (Å²) >= 11 is 27.5. The average molecular weight is 444 g/mol. The lowest BCUT2D eigenvalue weighted by Crippen LogP contribution is -2.60. The first-order valence-electron chi connectivity index (χ1n) is 7.05. The molecule has 1 aromatic rings. The standard InChI is InChI=1S/C14H10Cl4N2O4S/c1-23-14(24-2)12(17)5-6(13(14,18)8(16)7(12)15)10(22)20(9(5)21)11-19-3-4-25-11/h3-6H,1-2H3/t5-,6+,12-,13-/m0/s1. The fourth-order valence-electron chi connectivity index (χ4n) is 4.22. The van der Waals surface area contributed by atoms with E-state index < -0.39 is 39.2 Å². The Labute approximate surface area is 166 Å². The van der Waals surface area contributed by atoms with Crippen LogP contribution in [-0.2, 0) is 19.1 Å². The smallest absolute Gasteiger partial charge is 0.242 e. The lowest BCUT2D eigenvalue weighted by Gasteiger charge is -2.42. The van der Waals surface area contributed by atoms with Crippen LogP contribution in [0.5, 0.6) is 0 Å². The predicted octanol–water partition coefficient (Wildman–Crippen LogP) is 2.91. The van der Waals surface area contributed by atoms with Crippen LogP contribution in [0.25, 0.3) is 0 Å². The second-order valence-corrected chi connectivity index (χ2v) is 8.68. The van der Waals surface area contributed by atoms with Crippen molar-refractivity contribution in [3.63, 3.8) is 0 Å². The highest BCUT2D eigenvalue weighted by Gasteiger charge is 2.89. The van der Waals surface area contributed by atoms with Gasteiger partial charge in [-0.25, -0.2) is 9.88 Å². The molecule has 1 aliphatic heterocycles. The second kappa shape index (κ2) is 5.32. The number of amides is 2. The average Bonchev–Trinajstić information content (AvgIpc) is 3.25. The third-order valence-electron chi connectivity index (χ3n) is 5.14. The molecule has 0 unspecified atom stereocenters. The first-order chi connectivity index (χ1) is 11.7. The minimum Gasteiger partial charge on any atom is -0.350 e. The zero-order valence-electron chi connectivity index (χ0n) is 12.8. The fourth-order valence-corrected chi connectivity index (χ4v) is 7.03. The molecule has 2 fully saturated rings. The Balaban J connectivity index is 1.97. The van der Waals surface area contributed by atoms with Gasteiger partial charge in [0.25, 0.3) is 0 Å². The number of alkyl halides is 2. The van der Waals surface area contributed by atoms with Crippen LogP contribution < -0.4 is 4.90 Å². The van der Waals surface area contributed by atoms with Crippen molar-refractivity contribution in [1.29, 1.82) is 0 Å². The molecule has 0 radical (unpaired) electrons. The molecular formula is C14H10Cl4N2O4S. The highest BCUT2D eigenvalue weighted by atomic mass is 35.5. The first-order valence-corrected chi connectivity index (χ1v) is 9.44. The number of thiazole rings is 1. The van der Waals surface area contributed by atoms with Gasteiger partial charge in [-0.3, -0.25) is 9.59 Å². The van der Waals surface area contributed by atoms with Crippen molar-refractivity contribution in [1.82, 2.24) is 4.98 Å². The van der Waals surface area contributed by atoms with Crippen LogP contribution in [0.3, 0.4) is 0 Å². The summed E-state index contributed by atoms with van der Waals surface area (Å²) in [6.45, 7) is 0. The van der Waals surface area contributed by atoms with Crippen molar-refractivity contribution < 1.29 is 19.1 Å². The Bertz CT molecular complexity index is 781. The lowest BCUT2D eigenvalue weighted by molar-refractivity contribution is -0.221. The maximum Gasteiger partial charge on any atom is 0.242 e. The molecule has 4 atom stereocenters. The van der Waals surface area contributed by atoms with E-state index in [1.54, 1.807) is 5.38 Å². The number of nitrogens with zero attached hydrogens (tertiary/aromatic N) is 2. The number of halogens is 4. The Morgan fingerprint density at radius 1 is 1.08 bits per heavy atom. The number of methoxy groups -OCH3 is 2. The maximum atomic E-state index is 13.1. The largest absolute Gasteiger partial charge is 0.350 e. The molecule has 0 N–H and O–H groups in total. The van der Waals surface area contributed by atoms with Crippen molar-refractivity contribution in [2.75, 3.05) is 19.1 Å². The summed E-state index contributed by atoms with van der Waals surface area (Å²) in [4.78, 5) is 27.7. The number of ether oxygens (including phenoxy) is 2. The number of anilines is 1. The van der Waals surface area contributed by atoms with Crippen LogP contribution in [0.1, 0.15) is 0 Å². The van der Waals surface area contributed by atoms with E-state index >= 15 is 0 Å². The SMILES string of the molecule is COC1(OC)[C@@]2(Cl)C(Cl)=C(Cl)[C@@]1(Cl)[C@H]1C(=O)N(c3nccs3)C(=O)[C@H]12. The number of imide groups is 1. The highest BCUT2D eigenvalue weighted by Crippen LogP contribution is 2.75. The van der Waals surface area contributed by atoms with E-state index in [0.29, 0.717) is 0 Å². The van der Waals surface area contributed by atoms with Gasteiger partial charge < -0.3 is 9.47 Å². The van der Waals surface area contributed by atoms with E-state index in [2.05, 4.69) is 4.98 Å². The molecule has 25 heavy (non-hydrogen) atoms. The molecule has 2 aliphatic carbocycles. The van der Waals surface area contributed by atoms with Crippen molar-refractivity contribution in [2.24, 2.45) is 11.8 Å². The monoisotopic (exact) mass is 442 g/mol. The van der Waals surface area contributed by atoms with Gasteiger partial charge in [0.1, 0.15) is 9.75 Å². The van der Waals surface area contributed by atoms with E-state index in [-0.39, 0.29) is 15.2 Å². The number of fused-ring (bicyclic) bond motifs is 5. The Kier molecular flexibility index (Phi) is 3.82. The van der Waals surface area contributed by atoms with Gasteiger partial charge >= 0.3 is 0 Å². The summed E-state index contributed by atoms with van der Waals surface area (Å²) in [6.07, 6.45) is 1.49. The minimum absolute atomic E-state index is 0.0575. The van der Waals surface area contributed by atoms with Crippen LogP contribution in [0, 0.1) is 11.8 Å². The molecule has 11 heteroatoms. The van der Waals surface area contributed by atoms with Crippen LogP contribution in [0.15, 0.2) is 21.6 Å². The minimum atomic E-state index is -1.77. The lowest BCUT2D eigenvalue weighted by atomic mass is 9.84. The molecule has 1 saturated heterocycles. The number of carbonyl (C=O) groups is 2. The summed E-state index contributed by atoms with van der Waals surface area (Å²) in [6, 6.07) is 0. The zero-order valence-corrected chi connectivity index (χ0v) is 16.6. The number of rotatable bonds is 3.